The summed E-state index contributed by atoms with van der Waals surface area (Å²) in [4.78, 5) is 22.4. The number of amides is 1. The topological polar surface area (TPSA) is 106 Å². The van der Waals surface area contributed by atoms with E-state index in [1.807, 2.05) is 13.8 Å². The van der Waals surface area contributed by atoms with Crippen molar-refractivity contribution in [3.05, 3.63) is 39.8 Å². The van der Waals surface area contributed by atoms with E-state index in [1.54, 1.807) is 10.6 Å². The van der Waals surface area contributed by atoms with Gasteiger partial charge in [0, 0.05) is 24.4 Å². The molecular formula is C12H15N5O3. The lowest BCUT2D eigenvalue weighted by Crippen LogP contribution is -2.17. The summed E-state index contributed by atoms with van der Waals surface area (Å²) in [5.41, 5.74) is 0.969. The van der Waals surface area contributed by atoms with E-state index in [-0.39, 0.29) is 11.4 Å². The van der Waals surface area contributed by atoms with Gasteiger partial charge >= 0.3 is 0 Å². The van der Waals surface area contributed by atoms with Crippen molar-refractivity contribution in [3.63, 3.8) is 0 Å². The fourth-order valence-electron chi connectivity index (χ4n) is 1.87. The maximum absolute atomic E-state index is 12.1. The molecular weight excluding hydrogens is 262 g/mol. The lowest BCUT2D eigenvalue weighted by molar-refractivity contribution is -0.384. The van der Waals surface area contributed by atoms with Crippen molar-refractivity contribution in [3.8, 4) is 0 Å². The van der Waals surface area contributed by atoms with Crippen molar-refractivity contribution < 1.29 is 9.72 Å². The Balaban J connectivity index is 2.25. The zero-order valence-electron chi connectivity index (χ0n) is 11.2. The Kier molecular flexibility index (Phi) is 3.83. The lowest BCUT2D eigenvalue weighted by Gasteiger charge is -2.06. The average Bonchev–Trinajstić information content (AvgIpc) is 2.96. The molecule has 2 rings (SSSR count). The number of aromatic nitrogens is 3. The van der Waals surface area contributed by atoms with Gasteiger partial charge in [-0.3, -0.25) is 20.0 Å². The summed E-state index contributed by atoms with van der Waals surface area (Å²) in [7, 11) is 0. The van der Waals surface area contributed by atoms with E-state index in [1.165, 1.54) is 12.3 Å². The summed E-state index contributed by atoms with van der Waals surface area (Å²) in [6.07, 6.45) is 2.14. The van der Waals surface area contributed by atoms with Crippen molar-refractivity contribution in [2.45, 2.75) is 26.8 Å². The Morgan fingerprint density at radius 1 is 1.55 bits per heavy atom. The van der Waals surface area contributed by atoms with Gasteiger partial charge in [0.1, 0.15) is 5.69 Å². The maximum Gasteiger partial charge on any atom is 0.287 e. The standard InChI is InChI=1S/C12H15N5O3/c1-3-4-16-7-9(17(19)20)6-10(16)12(18)13-11-5-8(2)14-15-11/h5-7H,3-4H2,1-2H3,(H2,13,14,15,18). The number of carbonyl (C=O) groups excluding carboxylic acids is 1. The molecule has 0 saturated heterocycles. The van der Waals surface area contributed by atoms with Crippen molar-refractivity contribution in [1.29, 1.82) is 0 Å². The zero-order valence-corrected chi connectivity index (χ0v) is 11.2. The van der Waals surface area contributed by atoms with Crippen LogP contribution in [-0.2, 0) is 6.54 Å². The van der Waals surface area contributed by atoms with Gasteiger partial charge in [-0.25, -0.2) is 0 Å². The first-order chi connectivity index (χ1) is 9.51. The fourth-order valence-corrected chi connectivity index (χ4v) is 1.87. The Hall–Kier alpha value is -2.64. The Labute approximate surface area is 114 Å². The zero-order chi connectivity index (χ0) is 14.7. The first-order valence-electron chi connectivity index (χ1n) is 6.19. The molecule has 0 aliphatic carbocycles. The number of nitrogens with one attached hydrogen (secondary N) is 2. The van der Waals surface area contributed by atoms with Crippen LogP contribution in [0.2, 0.25) is 0 Å². The van der Waals surface area contributed by atoms with E-state index in [4.69, 9.17) is 0 Å². The first-order valence-corrected chi connectivity index (χ1v) is 6.19. The minimum absolute atomic E-state index is 0.0955. The van der Waals surface area contributed by atoms with Crippen molar-refractivity contribution >= 4 is 17.4 Å². The molecule has 2 aromatic heterocycles. The van der Waals surface area contributed by atoms with E-state index < -0.39 is 10.8 Å². The van der Waals surface area contributed by atoms with Crippen LogP contribution in [0.25, 0.3) is 0 Å². The van der Waals surface area contributed by atoms with Crippen LogP contribution in [0, 0.1) is 17.0 Å². The molecule has 0 unspecified atom stereocenters. The molecule has 2 aromatic rings. The summed E-state index contributed by atoms with van der Waals surface area (Å²) >= 11 is 0. The Morgan fingerprint density at radius 3 is 2.85 bits per heavy atom. The number of anilines is 1. The highest BCUT2D eigenvalue weighted by atomic mass is 16.6. The number of aryl methyl sites for hydroxylation is 2. The second-order valence-corrected chi connectivity index (χ2v) is 4.42. The molecule has 0 radical (unpaired) electrons. The lowest BCUT2D eigenvalue weighted by atomic mass is 10.3. The molecule has 0 saturated carbocycles. The van der Waals surface area contributed by atoms with Crippen LogP contribution in [-0.4, -0.2) is 25.6 Å². The highest BCUT2D eigenvalue weighted by molar-refractivity contribution is 6.03. The Bertz CT molecular complexity index is 643. The highest BCUT2D eigenvalue weighted by Gasteiger charge is 2.19. The van der Waals surface area contributed by atoms with Crippen LogP contribution in [0.4, 0.5) is 11.5 Å². The van der Waals surface area contributed by atoms with Crippen LogP contribution >= 0.6 is 0 Å². The van der Waals surface area contributed by atoms with Crippen LogP contribution in [0.1, 0.15) is 29.5 Å². The smallest absolute Gasteiger partial charge is 0.287 e. The van der Waals surface area contributed by atoms with Crippen LogP contribution in [0.3, 0.4) is 0 Å². The number of H-pyrrole nitrogens is 1. The molecule has 0 bridgehead atoms. The van der Waals surface area contributed by atoms with Crippen LogP contribution in [0.15, 0.2) is 18.3 Å². The SMILES string of the molecule is CCCn1cc([N+](=O)[O-])cc1C(=O)Nc1cc(C)[nH]n1. The Morgan fingerprint density at radius 2 is 2.30 bits per heavy atom. The molecule has 2 heterocycles. The van der Waals surface area contributed by atoms with Gasteiger partial charge in [0.05, 0.1) is 11.1 Å². The van der Waals surface area contributed by atoms with Gasteiger partial charge in [0.15, 0.2) is 5.82 Å². The van der Waals surface area contributed by atoms with Gasteiger partial charge in [0.25, 0.3) is 11.6 Å². The quantitative estimate of drug-likeness (QED) is 0.644. The van der Waals surface area contributed by atoms with Gasteiger partial charge in [-0.2, -0.15) is 5.10 Å². The number of hydrogen-bond acceptors (Lipinski definition) is 4. The summed E-state index contributed by atoms with van der Waals surface area (Å²) in [6.45, 7) is 4.29. The summed E-state index contributed by atoms with van der Waals surface area (Å²) in [5.74, 6) is -0.0301. The third-order valence-corrected chi connectivity index (χ3v) is 2.74. The van der Waals surface area contributed by atoms with Crippen LogP contribution in [0.5, 0.6) is 0 Å². The highest BCUT2D eigenvalue weighted by Crippen LogP contribution is 2.18. The second kappa shape index (κ2) is 5.55. The van der Waals surface area contributed by atoms with E-state index in [9.17, 15) is 14.9 Å². The minimum atomic E-state index is -0.512. The predicted molar refractivity (Wildman–Crippen MR) is 72.7 cm³/mol. The number of rotatable bonds is 5. The summed E-state index contributed by atoms with van der Waals surface area (Å²) < 4.78 is 1.58. The molecule has 2 N–H and O–H groups in total. The average molecular weight is 277 g/mol. The molecule has 106 valence electrons. The van der Waals surface area contributed by atoms with E-state index in [2.05, 4.69) is 15.5 Å². The van der Waals surface area contributed by atoms with E-state index >= 15 is 0 Å². The number of nitrogens with zero attached hydrogens (tertiary/aromatic N) is 3. The largest absolute Gasteiger partial charge is 0.337 e. The normalized spacial score (nSPS) is 10.5. The molecule has 0 fully saturated rings. The monoisotopic (exact) mass is 277 g/mol. The van der Waals surface area contributed by atoms with E-state index in [0.29, 0.717) is 12.4 Å². The van der Waals surface area contributed by atoms with Gasteiger partial charge in [-0.1, -0.05) is 6.92 Å². The minimum Gasteiger partial charge on any atom is -0.337 e. The molecule has 0 aliphatic heterocycles. The molecule has 8 heteroatoms. The van der Waals surface area contributed by atoms with Gasteiger partial charge in [-0.05, 0) is 13.3 Å². The fraction of sp³-hybridized carbons (Fsp3) is 0.333. The number of carbonyl (C=O) groups is 1. The van der Waals surface area contributed by atoms with Crippen molar-refractivity contribution in [2.75, 3.05) is 5.32 Å². The van der Waals surface area contributed by atoms with Gasteiger partial charge < -0.3 is 9.88 Å². The molecule has 0 aliphatic rings. The van der Waals surface area contributed by atoms with Crippen molar-refractivity contribution in [2.24, 2.45) is 0 Å². The molecule has 8 nitrogen and oxygen atoms in total. The third kappa shape index (κ3) is 2.85. The molecule has 1 amide bonds. The molecule has 0 aromatic carbocycles. The molecule has 0 spiro atoms. The van der Waals surface area contributed by atoms with Crippen molar-refractivity contribution in [1.82, 2.24) is 14.8 Å². The summed E-state index contributed by atoms with van der Waals surface area (Å²) in [6, 6.07) is 2.95. The van der Waals surface area contributed by atoms with Gasteiger partial charge in [-0.15, -0.1) is 0 Å². The number of hydrogen-bond donors (Lipinski definition) is 2. The second-order valence-electron chi connectivity index (χ2n) is 4.42. The van der Waals surface area contributed by atoms with E-state index in [0.717, 1.165) is 12.1 Å². The number of aromatic amines is 1. The number of nitro groups is 1. The summed E-state index contributed by atoms with van der Waals surface area (Å²) in [5, 5.41) is 20.0. The maximum atomic E-state index is 12.1. The van der Waals surface area contributed by atoms with Crippen LogP contribution < -0.4 is 5.32 Å². The molecule has 0 atom stereocenters. The predicted octanol–water partition coefficient (Wildman–Crippen LogP) is 2.09. The molecule has 20 heavy (non-hydrogen) atoms. The van der Waals surface area contributed by atoms with Gasteiger partial charge in [0.2, 0.25) is 0 Å². The first kappa shape index (κ1) is 13.8. The third-order valence-electron chi connectivity index (χ3n) is 2.74.